The standard InChI is InChI=1S/C20H17BrF2N2O2/c1-25(12-13-10-14(21)6-7-16(13)22)20(26)9-8-19-24-11-18(27-19)15-4-2-3-5-17(15)23/h2-7,10-11H,8-9,12H2,1H3. The highest BCUT2D eigenvalue weighted by Gasteiger charge is 2.15. The van der Waals surface area contributed by atoms with Crippen LogP contribution in [0.4, 0.5) is 8.78 Å². The largest absolute Gasteiger partial charge is 0.441 e. The van der Waals surface area contributed by atoms with Gasteiger partial charge in [0.1, 0.15) is 11.6 Å². The molecule has 0 spiro atoms. The van der Waals surface area contributed by atoms with Gasteiger partial charge in [-0.3, -0.25) is 4.79 Å². The van der Waals surface area contributed by atoms with Crippen LogP contribution in [0.25, 0.3) is 11.3 Å². The Labute approximate surface area is 164 Å². The molecule has 0 saturated carbocycles. The Balaban J connectivity index is 1.59. The van der Waals surface area contributed by atoms with Crippen molar-refractivity contribution in [2.24, 2.45) is 0 Å². The van der Waals surface area contributed by atoms with Gasteiger partial charge in [-0.15, -0.1) is 0 Å². The van der Waals surface area contributed by atoms with Crippen LogP contribution < -0.4 is 0 Å². The number of nitrogens with zero attached hydrogens (tertiary/aromatic N) is 2. The molecule has 27 heavy (non-hydrogen) atoms. The highest BCUT2D eigenvalue weighted by molar-refractivity contribution is 9.10. The maximum absolute atomic E-state index is 13.8. The molecule has 0 N–H and O–H groups in total. The van der Waals surface area contributed by atoms with Gasteiger partial charge in [0.05, 0.1) is 11.8 Å². The fourth-order valence-electron chi connectivity index (χ4n) is 2.62. The molecule has 0 saturated heterocycles. The van der Waals surface area contributed by atoms with Crippen LogP contribution in [0.5, 0.6) is 0 Å². The molecular formula is C20H17BrF2N2O2. The van der Waals surface area contributed by atoms with Gasteiger partial charge in [0.2, 0.25) is 5.91 Å². The normalized spacial score (nSPS) is 10.8. The number of benzene rings is 2. The summed E-state index contributed by atoms with van der Waals surface area (Å²) in [5, 5.41) is 0. The number of rotatable bonds is 6. The summed E-state index contributed by atoms with van der Waals surface area (Å²) in [7, 11) is 1.61. The minimum Gasteiger partial charge on any atom is -0.441 e. The third-order valence-corrected chi connectivity index (χ3v) is 4.58. The van der Waals surface area contributed by atoms with Gasteiger partial charge in [0.25, 0.3) is 0 Å². The number of aromatic nitrogens is 1. The lowest BCUT2D eigenvalue weighted by Gasteiger charge is -2.17. The molecule has 0 aliphatic rings. The van der Waals surface area contributed by atoms with Crippen molar-refractivity contribution in [2.45, 2.75) is 19.4 Å². The summed E-state index contributed by atoms with van der Waals surface area (Å²) in [6.07, 6.45) is 1.88. The molecule has 0 aliphatic heterocycles. The van der Waals surface area contributed by atoms with E-state index in [4.69, 9.17) is 4.42 Å². The number of oxazole rings is 1. The molecule has 3 rings (SSSR count). The first kappa shape index (κ1) is 19.2. The molecule has 1 heterocycles. The number of halogens is 3. The van der Waals surface area contributed by atoms with Crippen LogP contribution in [-0.2, 0) is 17.8 Å². The van der Waals surface area contributed by atoms with Crippen LogP contribution in [-0.4, -0.2) is 22.8 Å². The second-order valence-corrected chi connectivity index (χ2v) is 7.00. The summed E-state index contributed by atoms with van der Waals surface area (Å²) in [5.41, 5.74) is 0.753. The summed E-state index contributed by atoms with van der Waals surface area (Å²) < 4.78 is 33.9. The zero-order valence-corrected chi connectivity index (χ0v) is 16.2. The number of hydrogen-bond acceptors (Lipinski definition) is 3. The van der Waals surface area contributed by atoms with E-state index in [1.807, 2.05) is 0 Å². The van der Waals surface area contributed by atoms with Crippen LogP contribution in [0.2, 0.25) is 0 Å². The van der Waals surface area contributed by atoms with Gasteiger partial charge >= 0.3 is 0 Å². The monoisotopic (exact) mass is 434 g/mol. The molecule has 0 atom stereocenters. The topological polar surface area (TPSA) is 46.3 Å². The van der Waals surface area contributed by atoms with E-state index >= 15 is 0 Å². The van der Waals surface area contributed by atoms with Crippen molar-refractivity contribution in [1.29, 1.82) is 0 Å². The van der Waals surface area contributed by atoms with E-state index in [2.05, 4.69) is 20.9 Å². The average molecular weight is 435 g/mol. The van der Waals surface area contributed by atoms with Gasteiger partial charge in [-0.25, -0.2) is 13.8 Å². The van der Waals surface area contributed by atoms with E-state index < -0.39 is 5.82 Å². The van der Waals surface area contributed by atoms with E-state index in [9.17, 15) is 13.6 Å². The Hall–Kier alpha value is -2.54. The molecule has 140 valence electrons. The van der Waals surface area contributed by atoms with Crippen LogP contribution in [0, 0.1) is 11.6 Å². The van der Waals surface area contributed by atoms with Gasteiger partial charge < -0.3 is 9.32 Å². The quantitative estimate of drug-likeness (QED) is 0.549. The van der Waals surface area contributed by atoms with Gasteiger partial charge in [-0.1, -0.05) is 28.1 Å². The van der Waals surface area contributed by atoms with Crippen molar-refractivity contribution in [2.75, 3.05) is 7.05 Å². The summed E-state index contributed by atoms with van der Waals surface area (Å²) >= 11 is 3.29. The first-order valence-electron chi connectivity index (χ1n) is 8.31. The number of hydrogen-bond donors (Lipinski definition) is 0. The molecule has 0 fully saturated rings. The van der Waals surface area contributed by atoms with Crippen molar-refractivity contribution in [1.82, 2.24) is 9.88 Å². The van der Waals surface area contributed by atoms with Crippen molar-refractivity contribution < 1.29 is 18.0 Å². The fraction of sp³-hybridized carbons (Fsp3) is 0.200. The van der Waals surface area contributed by atoms with Gasteiger partial charge in [0.15, 0.2) is 11.7 Å². The Morgan fingerprint density at radius 2 is 1.96 bits per heavy atom. The Bertz CT molecular complexity index is 959. The van der Waals surface area contributed by atoms with E-state index in [-0.39, 0.29) is 31.1 Å². The van der Waals surface area contributed by atoms with Crippen molar-refractivity contribution >= 4 is 21.8 Å². The van der Waals surface area contributed by atoms with Gasteiger partial charge in [-0.2, -0.15) is 0 Å². The van der Waals surface area contributed by atoms with Gasteiger partial charge in [0, 0.05) is 36.5 Å². The lowest BCUT2D eigenvalue weighted by Crippen LogP contribution is -2.26. The Morgan fingerprint density at radius 1 is 1.19 bits per heavy atom. The summed E-state index contributed by atoms with van der Waals surface area (Å²) in [4.78, 5) is 17.9. The third-order valence-electron chi connectivity index (χ3n) is 4.09. The number of carbonyl (C=O) groups is 1. The molecule has 0 unspecified atom stereocenters. The summed E-state index contributed by atoms with van der Waals surface area (Å²) in [6, 6.07) is 10.9. The lowest BCUT2D eigenvalue weighted by atomic mass is 10.2. The molecule has 0 bridgehead atoms. The SMILES string of the molecule is CN(Cc1cc(Br)ccc1F)C(=O)CCc1ncc(-c2ccccc2F)o1. The summed E-state index contributed by atoms with van der Waals surface area (Å²) in [5.74, 6) is -0.254. The predicted molar refractivity (Wildman–Crippen MR) is 101 cm³/mol. The van der Waals surface area contributed by atoms with E-state index in [1.54, 1.807) is 37.4 Å². The average Bonchev–Trinajstić information content (AvgIpc) is 3.11. The number of aryl methyl sites for hydroxylation is 1. The first-order valence-corrected chi connectivity index (χ1v) is 9.11. The van der Waals surface area contributed by atoms with Gasteiger partial charge in [-0.05, 0) is 30.3 Å². The second-order valence-electron chi connectivity index (χ2n) is 6.08. The molecule has 4 nitrogen and oxygen atoms in total. The third kappa shape index (κ3) is 4.80. The lowest BCUT2D eigenvalue weighted by molar-refractivity contribution is -0.130. The van der Waals surface area contributed by atoms with Crippen LogP contribution in [0.3, 0.4) is 0 Å². The van der Waals surface area contributed by atoms with E-state index in [1.165, 1.54) is 23.2 Å². The molecule has 1 amide bonds. The highest BCUT2D eigenvalue weighted by Crippen LogP contribution is 2.24. The van der Waals surface area contributed by atoms with Crippen LogP contribution in [0.1, 0.15) is 17.9 Å². The Kier molecular flexibility index (Phi) is 6.01. The molecule has 2 aromatic carbocycles. The smallest absolute Gasteiger partial charge is 0.223 e. The predicted octanol–water partition coefficient (Wildman–Crippen LogP) is 4.97. The minimum atomic E-state index is -0.396. The molecule has 0 aliphatic carbocycles. The first-order chi connectivity index (χ1) is 12.9. The van der Waals surface area contributed by atoms with Crippen LogP contribution >= 0.6 is 15.9 Å². The number of carbonyl (C=O) groups excluding carboxylic acids is 1. The van der Waals surface area contributed by atoms with Crippen molar-refractivity contribution in [3.63, 3.8) is 0 Å². The fourth-order valence-corrected chi connectivity index (χ4v) is 3.03. The molecule has 1 aromatic heterocycles. The molecule has 3 aromatic rings. The van der Waals surface area contributed by atoms with E-state index in [0.29, 0.717) is 22.8 Å². The second kappa shape index (κ2) is 8.43. The highest BCUT2D eigenvalue weighted by atomic mass is 79.9. The molecular weight excluding hydrogens is 418 g/mol. The number of amides is 1. The van der Waals surface area contributed by atoms with Crippen LogP contribution in [0.15, 0.2) is 57.6 Å². The van der Waals surface area contributed by atoms with Crippen molar-refractivity contribution in [3.8, 4) is 11.3 Å². The Morgan fingerprint density at radius 3 is 2.74 bits per heavy atom. The molecule has 0 radical (unpaired) electrons. The van der Waals surface area contributed by atoms with Crippen molar-refractivity contribution in [3.05, 3.63) is 76.2 Å². The summed E-state index contributed by atoms with van der Waals surface area (Å²) in [6.45, 7) is 0.163. The minimum absolute atomic E-state index is 0.156. The zero-order chi connectivity index (χ0) is 19.4. The van der Waals surface area contributed by atoms with E-state index in [0.717, 1.165) is 4.47 Å². The maximum Gasteiger partial charge on any atom is 0.223 e. The zero-order valence-electron chi connectivity index (χ0n) is 14.6. The molecule has 7 heteroatoms. The maximum atomic E-state index is 13.8.